The average Bonchev–Trinajstić information content (AvgIpc) is 2.27. The molecule has 1 saturated heterocycles. The highest BCUT2D eigenvalue weighted by molar-refractivity contribution is 5.62. The molecule has 1 rings (SSSR count). The van der Waals surface area contributed by atoms with Gasteiger partial charge in [0.25, 0.3) is 0 Å². The number of carbonyl (C=O) groups excluding carboxylic acids is 1. The zero-order valence-corrected chi connectivity index (χ0v) is 6.15. The van der Waals surface area contributed by atoms with Gasteiger partial charge in [0.1, 0.15) is 0 Å². The number of ether oxygens (including phenoxy) is 2. The molecule has 0 radical (unpaired) electrons. The van der Waals surface area contributed by atoms with E-state index in [9.17, 15) is 31.1 Å². The Kier molecular flexibility index (Phi) is 2.28. The Morgan fingerprint density at radius 2 is 1.14 bits per heavy atom. The molecule has 0 aromatic carbocycles. The maximum absolute atomic E-state index is 11.9. The van der Waals surface area contributed by atoms with Gasteiger partial charge in [0.05, 0.1) is 0 Å². The summed E-state index contributed by atoms with van der Waals surface area (Å²) in [4.78, 5) is 10.1. The summed E-state index contributed by atoms with van der Waals surface area (Å²) in [5.41, 5.74) is 0. The van der Waals surface area contributed by atoms with Crippen LogP contribution in [0.25, 0.3) is 0 Å². The summed E-state index contributed by atoms with van der Waals surface area (Å²) in [5, 5.41) is 0. The van der Waals surface area contributed by atoms with E-state index in [1.54, 1.807) is 0 Å². The number of alkyl halides is 6. The van der Waals surface area contributed by atoms with Crippen molar-refractivity contribution < 1.29 is 40.6 Å². The van der Waals surface area contributed by atoms with Crippen LogP contribution in [0.4, 0.5) is 31.1 Å². The Bertz CT molecular complexity index is 219. The van der Waals surface area contributed by atoms with Crippen LogP contribution in [0.3, 0.4) is 0 Å². The monoisotopic (exact) mass is 224 g/mol. The summed E-state index contributed by atoms with van der Waals surface area (Å²) in [6, 6.07) is 0. The molecule has 2 atom stereocenters. The number of hydrogen-bond donors (Lipinski definition) is 0. The van der Waals surface area contributed by atoms with E-state index in [1.807, 2.05) is 0 Å². The maximum Gasteiger partial charge on any atom is 0.509 e. The van der Waals surface area contributed by atoms with E-state index in [-0.39, 0.29) is 0 Å². The Hall–Kier alpha value is -1.15. The number of halogens is 6. The van der Waals surface area contributed by atoms with Crippen LogP contribution in [0.15, 0.2) is 0 Å². The molecule has 1 aliphatic heterocycles. The summed E-state index contributed by atoms with van der Waals surface area (Å²) in [7, 11) is 0. The van der Waals surface area contributed by atoms with E-state index in [2.05, 4.69) is 9.47 Å². The summed E-state index contributed by atoms with van der Waals surface area (Å²) in [6.45, 7) is 0. The minimum absolute atomic E-state index is 1.98. The second kappa shape index (κ2) is 2.92. The second-order valence-corrected chi connectivity index (χ2v) is 2.41. The lowest BCUT2D eigenvalue weighted by Gasteiger charge is -2.19. The molecule has 0 bridgehead atoms. The fourth-order valence-electron chi connectivity index (χ4n) is 0.836. The lowest BCUT2D eigenvalue weighted by Crippen LogP contribution is -2.45. The Balaban J connectivity index is 2.89. The molecular formula is C5H2F6O3. The molecule has 0 aromatic rings. The maximum atomic E-state index is 11.9. The second-order valence-electron chi connectivity index (χ2n) is 2.41. The fraction of sp³-hybridized carbons (Fsp3) is 0.800. The Labute approximate surface area is 72.6 Å². The van der Waals surface area contributed by atoms with Crippen molar-refractivity contribution in [3.8, 4) is 0 Å². The molecule has 3 nitrogen and oxygen atoms in total. The number of cyclic esters (lactones) is 2. The third-order valence-electron chi connectivity index (χ3n) is 1.37. The molecule has 0 aliphatic carbocycles. The Morgan fingerprint density at radius 3 is 1.36 bits per heavy atom. The van der Waals surface area contributed by atoms with Gasteiger partial charge in [-0.25, -0.2) is 4.79 Å². The van der Waals surface area contributed by atoms with Crippen LogP contribution in [0, 0.1) is 0 Å². The van der Waals surface area contributed by atoms with Crippen molar-refractivity contribution >= 4 is 6.16 Å². The highest BCUT2D eigenvalue weighted by Crippen LogP contribution is 2.38. The molecule has 0 aromatic heterocycles. The van der Waals surface area contributed by atoms with Gasteiger partial charge < -0.3 is 9.47 Å². The molecule has 0 N–H and O–H groups in total. The first kappa shape index (κ1) is 10.9. The van der Waals surface area contributed by atoms with Gasteiger partial charge in [-0.3, -0.25) is 0 Å². The average molecular weight is 224 g/mol. The van der Waals surface area contributed by atoms with E-state index in [0.717, 1.165) is 0 Å². The van der Waals surface area contributed by atoms with Crippen LogP contribution in [-0.2, 0) is 9.47 Å². The zero-order valence-electron chi connectivity index (χ0n) is 6.15. The normalized spacial score (nSPS) is 28.6. The van der Waals surface area contributed by atoms with Crippen molar-refractivity contribution in [2.24, 2.45) is 0 Å². The first-order valence-corrected chi connectivity index (χ1v) is 3.13. The van der Waals surface area contributed by atoms with E-state index in [4.69, 9.17) is 0 Å². The van der Waals surface area contributed by atoms with Gasteiger partial charge in [0.15, 0.2) is 0 Å². The van der Waals surface area contributed by atoms with Crippen LogP contribution in [-0.4, -0.2) is 30.7 Å². The SMILES string of the molecule is O=C1O[C@@H](C(F)(F)F)[C@H](C(F)(F)F)O1. The third-order valence-corrected chi connectivity index (χ3v) is 1.37. The van der Waals surface area contributed by atoms with E-state index < -0.39 is 30.7 Å². The minimum atomic E-state index is -5.30. The summed E-state index contributed by atoms with van der Waals surface area (Å²) in [6.07, 6.45) is -19.1. The smallest absolute Gasteiger partial charge is 0.417 e. The lowest BCUT2D eigenvalue weighted by molar-refractivity contribution is -0.260. The third kappa shape index (κ3) is 2.02. The summed E-state index contributed by atoms with van der Waals surface area (Å²) in [5.74, 6) is 0. The Morgan fingerprint density at radius 1 is 0.857 bits per heavy atom. The van der Waals surface area contributed by atoms with Gasteiger partial charge in [-0.05, 0) is 0 Å². The zero-order chi connectivity index (χ0) is 11.1. The van der Waals surface area contributed by atoms with Crippen molar-refractivity contribution in [1.29, 1.82) is 0 Å². The van der Waals surface area contributed by atoms with Gasteiger partial charge in [-0.1, -0.05) is 0 Å². The van der Waals surface area contributed by atoms with Crippen LogP contribution in [0.5, 0.6) is 0 Å². The quantitative estimate of drug-likeness (QED) is 0.466. The first-order valence-electron chi connectivity index (χ1n) is 3.13. The summed E-state index contributed by atoms with van der Waals surface area (Å²) >= 11 is 0. The molecule has 82 valence electrons. The van der Waals surface area contributed by atoms with Crippen molar-refractivity contribution in [1.82, 2.24) is 0 Å². The van der Waals surface area contributed by atoms with Crippen molar-refractivity contribution in [3.63, 3.8) is 0 Å². The number of hydrogen-bond acceptors (Lipinski definition) is 3. The molecule has 1 heterocycles. The molecular weight excluding hydrogens is 222 g/mol. The van der Waals surface area contributed by atoms with E-state index >= 15 is 0 Å². The summed E-state index contributed by atoms with van der Waals surface area (Å²) < 4.78 is 77.9. The van der Waals surface area contributed by atoms with Crippen LogP contribution < -0.4 is 0 Å². The van der Waals surface area contributed by atoms with Crippen LogP contribution in [0.2, 0.25) is 0 Å². The van der Waals surface area contributed by atoms with Crippen molar-refractivity contribution in [2.75, 3.05) is 0 Å². The topological polar surface area (TPSA) is 35.5 Å². The number of rotatable bonds is 0. The highest BCUT2D eigenvalue weighted by atomic mass is 19.4. The molecule has 0 unspecified atom stereocenters. The van der Waals surface area contributed by atoms with E-state index in [0.29, 0.717) is 0 Å². The molecule has 9 heteroatoms. The highest BCUT2D eigenvalue weighted by Gasteiger charge is 2.64. The largest absolute Gasteiger partial charge is 0.509 e. The van der Waals surface area contributed by atoms with Crippen molar-refractivity contribution in [3.05, 3.63) is 0 Å². The molecule has 1 fully saturated rings. The molecule has 0 spiro atoms. The predicted octanol–water partition coefficient (Wildman–Crippen LogP) is 2.02. The predicted molar refractivity (Wildman–Crippen MR) is 27.3 cm³/mol. The standard InChI is InChI=1S/C5H2F6O3/c6-4(7,8)1-2(5(9,10)11)14-3(12)13-1/h1-2H/t1-,2-/m1/s1. The van der Waals surface area contributed by atoms with Gasteiger partial charge >= 0.3 is 18.5 Å². The molecule has 0 saturated carbocycles. The first-order chi connectivity index (χ1) is 6.12. The minimum Gasteiger partial charge on any atom is -0.417 e. The molecule has 0 amide bonds. The van der Waals surface area contributed by atoms with E-state index in [1.165, 1.54) is 0 Å². The van der Waals surface area contributed by atoms with Gasteiger partial charge in [-0.2, -0.15) is 26.3 Å². The fourth-order valence-corrected chi connectivity index (χ4v) is 0.836. The number of carbonyl (C=O) groups is 1. The van der Waals surface area contributed by atoms with Gasteiger partial charge in [0, 0.05) is 0 Å². The van der Waals surface area contributed by atoms with Gasteiger partial charge in [-0.15, -0.1) is 0 Å². The molecule has 14 heavy (non-hydrogen) atoms. The molecule has 1 aliphatic rings. The van der Waals surface area contributed by atoms with Gasteiger partial charge in [0.2, 0.25) is 12.2 Å². The van der Waals surface area contributed by atoms with Crippen molar-refractivity contribution in [2.45, 2.75) is 24.6 Å². The van der Waals surface area contributed by atoms with Crippen LogP contribution in [0.1, 0.15) is 0 Å². The lowest BCUT2D eigenvalue weighted by atomic mass is 10.2. The van der Waals surface area contributed by atoms with Crippen LogP contribution >= 0.6 is 0 Å².